The number of hydrogen-bond donors (Lipinski definition) is 5. The van der Waals surface area contributed by atoms with E-state index in [4.69, 9.17) is 27.9 Å². The van der Waals surface area contributed by atoms with Gasteiger partial charge in [0.25, 0.3) is 11.8 Å². The number of hydrogen-bond acceptors (Lipinski definition) is 9. The molecule has 14 heteroatoms. The van der Waals surface area contributed by atoms with Crippen molar-refractivity contribution in [2.75, 3.05) is 26.2 Å². The van der Waals surface area contributed by atoms with Gasteiger partial charge in [0, 0.05) is 35.3 Å². The molecule has 0 spiro atoms. The van der Waals surface area contributed by atoms with Crippen molar-refractivity contribution < 1.29 is 29.0 Å². The van der Waals surface area contributed by atoms with Crippen LogP contribution in [0.25, 0.3) is 0 Å². The highest BCUT2D eigenvalue weighted by atomic mass is 35.5. The Morgan fingerprint density at radius 2 is 2.03 bits per heavy atom. The number of aromatic hydroxyl groups is 1. The molecular formula is C25H30Cl2N6O6. The average Bonchev–Trinajstić information content (AvgIpc) is 2.87. The highest BCUT2D eigenvalue weighted by Gasteiger charge is 2.28. The molecule has 3 amide bonds. The standard InChI is InChI=1S/C25H30Cl2N6O6/c1-4-39-20(35)8-17(15-6-14(26)7-16(27)21(15)36)32-19(34)10-29-22(37)13-5-18(23(38)28-9-13)33-24-30-11-25(2,3)12-31-24/h5-7,9,17-18,36H,4,8,10-12H2,1-3H3,(H,29,37)(H,32,34)(H2,30,31,33)/t17-,18?/m0/s1. The summed E-state index contributed by atoms with van der Waals surface area (Å²) in [4.78, 5) is 57.9. The fourth-order valence-corrected chi connectivity index (χ4v) is 4.21. The minimum absolute atomic E-state index is 0.0194. The number of esters is 1. The molecule has 0 aliphatic carbocycles. The number of aliphatic imine (C=N–C) groups is 2. The Hall–Kier alpha value is -3.64. The van der Waals surface area contributed by atoms with Crippen molar-refractivity contribution in [1.82, 2.24) is 21.3 Å². The van der Waals surface area contributed by atoms with Gasteiger partial charge in [-0.15, -0.1) is 0 Å². The molecule has 0 saturated heterocycles. The molecule has 2 aliphatic heterocycles. The summed E-state index contributed by atoms with van der Waals surface area (Å²) in [7, 11) is 0. The smallest absolute Gasteiger partial charge is 0.308 e. The number of guanidine groups is 1. The van der Waals surface area contributed by atoms with E-state index in [1.807, 2.05) is 0 Å². The number of carbonyl (C=O) groups is 4. The summed E-state index contributed by atoms with van der Waals surface area (Å²) in [6.45, 7) is 6.61. The Labute approximate surface area is 235 Å². The number of phenols is 1. The van der Waals surface area contributed by atoms with Gasteiger partial charge in [-0.3, -0.25) is 24.2 Å². The zero-order valence-corrected chi connectivity index (χ0v) is 23.2. The first-order chi connectivity index (χ1) is 18.4. The van der Waals surface area contributed by atoms with E-state index in [0.717, 1.165) is 6.21 Å². The van der Waals surface area contributed by atoms with Crippen LogP contribution < -0.4 is 21.3 Å². The SMILES string of the molecule is CCOC(=O)C[C@H](NC(=O)CNC(=O)C1=CC(NC2=NCC(C)(C)CN2)C(=O)N=C1)c1cc(Cl)cc(Cl)c1O. The molecule has 0 saturated carbocycles. The monoisotopic (exact) mass is 580 g/mol. The van der Waals surface area contributed by atoms with Crippen molar-refractivity contribution in [3.05, 3.63) is 39.4 Å². The first-order valence-electron chi connectivity index (χ1n) is 12.1. The van der Waals surface area contributed by atoms with E-state index in [1.165, 1.54) is 18.2 Å². The van der Waals surface area contributed by atoms with Crippen molar-refractivity contribution >= 4 is 59.1 Å². The van der Waals surface area contributed by atoms with Crippen molar-refractivity contribution in [3.63, 3.8) is 0 Å². The summed E-state index contributed by atoms with van der Waals surface area (Å²) in [5.74, 6) is -2.38. The second-order valence-corrected chi connectivity index (χ2v) is 10.5. The molecule has 0 bridgehead atoms. The fourth-order valence-electron chi connectivity index (χ4n) is 3.70. The lowest BCUT2D eigenvalue weighted by molar-refractivity contribution is -0.144. The third-order valence-corrected chi connectivity index (χ3v) is 6.26. The zero-order valence-electron chi connectivity index (χ0n) is 21.6. The number of phenolic OH excluding ortho intramolecular Hbond substituents is 1. The summed E-state index contributed by atoms with van der Waals surface area (Å²) in [5.41, 5.74) is 0.158. The number of rotatable bonds is 9. The van der Waals surface area contributed by atoms with Crippen LogP contribution in [0, 0.1) is 5.41 Å². The van der Waals surface area contributed by atoms with E-state index in [0.29, 0.717) is 19.0 Å². The van der Waals surface area contributed by atoms with Gasteiger partial charge < -0.3 is 31.1 Å². The van der Waals surface area contributed by atoms with Crippen LogP contribution >= 0.6 is 23.2 Å². The number of halogens is 2. The molecular weight excluding hydrogens is 551 g/mol. The average molecular weight is 581 g/mol. The molecule has 3 rings (SSSR count). The first-order valence-corrected chi connectivity index (χ1v) is 12.9. The summed E-state index contributed by atoms with van der Waals surface area (Å²) < 4.78 is 4.96. The van der Waals surface area contributed by atoms with Crippen LogP contribution in [0.2, 0.25) is 10.0 Å². The van der Waals surface area contributed by atoms with E-state index < -0.39 is 42.3 Å². The molecule has 12 nitrogen and oxygen atoms in total. The maximum atomic E-state index is 12.7. The normalized spacial score (nSPS) is 18.7. The number of nitrogens with one attached hydrogen (secondary N) is 4. The maximum Gasteiger partial charge on any atom is 0.308 e. The minimum Gasteiger partial charge on any atom is -0.506 e. The molecule has 210 valence electrons. The van der Waals surface area contributed by atoms with E-state index in [9.17, 15) is 24.3 Å². The van der Waals surface area contributed by atoms with Crippen LogP contribution in [0.15, 0.2) is 33.8 Å². The van der Waals surface area contributed by atoms with Crippen molar-refractivity contribution in [3.8, 4) is 5.75 Å². The van der Waals surface area contributed by atoms with Gasteiger partial charge in [-0.2, -0.15) is 0 Å². The predicted octanol–water partition coefficient (Wildman–Crippen LogP) is 1.41. The van der Waals surface area contributed by atoms with Gasteiger partial charge in [-0.25, -0.2) is 4.99 Å². The summed E-state index contributed by atoms with van der Waals surface area (Å²) in [6, 6.07) is 0.725. The predicted molar refractivity (Wildman–Crippen MR) is 146 cm³/mol. The van der Waals surface area contributed by atoms with Crippen molar-refractivity contribution in [2.24, 2.45) is 15.4 Å². The van der Waals surface area contributed by atoms with Crippen LogP contribution in [0.5, 0.6) is 5.75 Å². The third kappa shape index (κ3) is 8.42. The number of carbonyl (C=O) groups excluding carboxylic acids is 4. The molecule has 5 N–H and O–H groups in total. The number of amides is 3. The Kier molecular flexibility index (Phi) is 9.92. The molecule has 0 radical (unpaired) electrons. The third-order valence-electron chi connectivity index (χ3n) is 5.75. The van der Waals surface area contributed by atoms with E-state index in [2.05, 4.69) is 45.1 Å². The highest BCUT2D eigenvalue weighted by Crippen LogP contribution is 2.36. The van der Waals surface area contributed by atoms with Crippen LogP contribution in [0.3, 0.4) is 0 Å². The van der Waals surface area contributed by atoms with Crippen molar-refractivity contribution in [2.45, 2.75) is 39.3 Å². The van der Waals surface area contributed by atoms with E-state index in [-0.39, 0.29) is 45.4 Å². The topological polar surface area (TPSA) is 171 Å². The zero-order chi connectivity index (χ0) is 28.7. The Bertz CT molecular complexity index is 1250. The largest absolute Gasteiger partial charge is 0.506 e. The Balaban J connectivity index is 1.64. The Morgan fingerprint density at radius 1 is 1.28 bits per heavy atom. The summed E-state index contributed by atoms with van der Waals surface area (Å²) in [6.07, 6.45) is 2.19. The van der Waals surface area contributed by atoms with Gasteiger partial charge in [-0.05, 0) is 25.1 Å². The molecule has 1 unspecified atom stereocenters. The van der Waals surface area contributed by atoms with Gasteiger partial charge in [0.2, 0.25) is 5.91 Å². The number of ether oxygens (including phenoxy) is 1. The number of dihydropyridines is 1. The second-order valence-electron chi connectivity index (χ2n) is 9.66. The quantitative estimate of drug-likeness (QED) is 0.273. The molecule has 1 aromatic rings. The van der Waals surface area contributed by atoms with Crippen LogP contribution in [-0.2, 0) is 23.9 Å². The van der Waals surface area contributed by atoms with E-state index >= 15 is 0 Å². The summed E-state index contributed by atoms with van der Waals surface area (Å²) in [5, 5.41) is 21.6. The van der Waals surface area contributed by atoms with Crippen LogP contribution in [0.4, 0.5) is 0 Å². The highest BCUT2D eigenvalue weighted by molar-refractivity contribution is 6.35. The number of benzene rings is 1. The molecule has 0 fully saturated rings. The molecule has 2 atom stereocenters. The van der Waals surface area contributed by atoms with Crippen LogP contribution in [0.1, 0.15) is 38.8 Å². The van der Waals surface area contributed by atoms with E-state index in [1.54, 1.807) is 6.92 Å². The minimum atomic E-state index is -1.04. The molecule has 0 aromatic heterocycles. The van der Waals surface area contributed by atoms with Crippen molar-refractivity contribution in [1.29, 1.82) is 0 Å². The lowest BCUT2D eigenvalue weighted by atomic mass is 9.93. The van der Waals surface area contributed by atoms with Gasteiger partial charge >= 0.3 is 5.97 Å². The molecule has 2 aliphatic rings. The summed E-state index contributed by atoms with van der Waals surface area (Å²) >= 11 is 12.0. The maximum absolute atomic E-state index is 12.7. The number of nitrogens with zero attached hydrogens (tertiary/aromatic N) is 2. The molecule has 39 heavy (non-hydrogen) atoms. The first kappa shape index (κ1) is 29.9. The van der Waals surface area contributed by atoms with Crippen LogP contribution in [-0.4, -0.2) is 73.3 Å². The molecule has 2 heterocycles. The lowest BCUT2D eigenvalue weighted by Crippen LogP contribution is -2.52. The fraction of sp³-hybridized carbons (Fsp3) is 0.440. The van der Waals surface area contributed by atoms with Gasteiger partial charge in [0.1, 0.15) is 11.8 Å². The molecule has 1 aromatic carbocycles. The van der Waals surface area contributed by atoms with Gasteiger partial charge in [0.15, 0.2) is 5.96 Å². The van der Waals surface area contributed by atoms with Gasteiger partial charge in [0.05, 0.1) is 36.2 Å². The second kappa shape index (κ2) is 12.9. The Morgan fingerprint density at radius 3 is 2.69 bits per heavy atom. The van der Waals surface area contributed by atoms with Gasteiger partial charge in [-0.1, -0.05) is 37.0 Å². The lowest BCUT2D eigenvalue weighted by Gasteiger charge is -2.30.